The first-order chi connectivity index (χ1) is 8.41. The van der Waals surface area contributed by atoms with E-state index in [4.69, 9.17) is 9.05 Å². The quantitative estimate of drug-likeness (QED) is 0.650. The fourth-order valence-corrected chi connectivity index (χ4v) is 2.84. The Bertz CT molecular complexity index is 321. The van der Waals surface area contributed by atoms with Crippen LogP contribution in [0.15, 0.2) is 0 Å². The lowest BCUT2D eigenvalue weighted by molar-refractivity contribution is -0.124. The molecule has 0 heterocycles. The SMILES string of the molecule is CCOP(=O)(OCC)C(C)C(=O)NCC(=O)CC. The molecule has 7 heteroatoms. The maximum atomic E-state index is 12.3. The number of ketones is 1. The summed E-state index contributed by atoms with van der Waals surface area (Å²) >= 11 is 0. The molecule has 0 spiro atoms. The molecule has 1 unspecified atom stereocenters. The van der Waals surface area contributed by atoms with Crippen molar-refractivity contribution < 1.29 is 23.2 Å². The minimum atomic E-state index is -3.46. The Hall–Kier alpha value is -0.710. The zero-order valence-electron chi connectivity index (χ0n) is 11.4. The van der Waals surface area contributed by atoms with E-state index in [1.807, 2.05) is 0 Å². The van der Waals surface area contributed by atoms with Gasteiger partial charge in [0.2, 0.25) is 5.91 Å². The molecule has 0 aromatic carbocycles. The van der Waals surface area contributed by atoms with Gasteiger partial charge in [-0.05, 0) is 20.8 Å². The van der Waals surface area contributed by atoms with Crippen molar-refractivity contribution in [2.24, 2.45) is 0 Å². The minimum Gasteiger partial charge on any atom is -0.348 e. The van der Waals surface area contributed by atoms with E-state index in [2.05, 4.69) is 5.32 Å². The predicted molar refractivity (Wildman–Crippen MR) is 68.6 cm³/mol. The number of Topliss-reactive ketones (excluding diaryl/α,β-unsaturated/α-hetero) is 1. The van der Waals surface area contributed by atoms with Gasteiger partial charge < -0.3 is 14.4 Å². The summed E-state index contributed by atoms with van der Waals surface area (Å²) in [6.45, 7) is 6.87. The molecular weight excluding hydrogens is 257 g/mol. The summed E-state index contributed by atoms with van der Waals surface area (Å²) < 4.78 is 22.4. The van der Waals surface area contributed by atoms with Gasteiger partial charge in [0.05, 0.1) is 19.8 Å². The summed E-state index contributed by atoms with van der Waals surface area (Å²) in [6.07, 6.45) is 0.350. The molecule has 1 N–H and O–H groups in total. The van der Waals surface area contributed by atoms with Crippen molar-refractivity contribution in [3.8, 4) is 0 Å². The predicted octanol–water partition coefficient (Wildman–Crippen LogP) is 1.74. The number of carbonyl (C=O) groups is 2. The largest absolute Gasteiger partial charge is 0.348 e. The second-order valence-corrected chi connectivity index (χ2v) is 6.03. The van der Waals surface area contributed by atoms with Crippen LogP contribution in [0.3, 0.4) is 0 Å². The summed E-state index contributed by atoms with van der Waals surface area (Å²) in [7, 11) is -3.46. The van der Waals surface area contributed by atoms with Gasteiger partial charge in [0.25, 0.3) is 0 Å². The lowest BCUT2D eigenvalue weighted by Gasteiger charge is -2.22. The Labute approximate surface area is 108 Å². The van der Waals surface area contributed by atoms with E-state index >= 15 is 0 Å². The number of nitrogens with one attached hydrogen (secondary N) is 1. The van der Waals surface area contributed by atoms with Gasteiger partial charge in [-0.25, -0.2) is 0 Å². The average molecular weight is 279 g/mol. The third kappa shape index (κ3) is 5.29. The normalized spacial score (nSPS) is 13.1. The van der Waals surface area contributed by atoms with E-state index in [9.17, 15) is 14.2 Å². The molecule has 6 nitrogen and oxygen atoms in total. The van der Waals surface area contributed by atoms with E-state index in [0.717, 1.165) is 0 Å². The summed E-state index contributed by atoms with van der Waals surface area (Å²) in [5.41, 5.74) is -0.929. The summed E-state index contributed by atoms with van der Waals surface area (Å²) in [5.74, 6) is -0.583. The van der Waals surface area contributed by atoms with Gasteiger partial charge in [0.15, 0.2) is 5.78 Å². The van der Waals surface area contributed by atoms with E-state index < -0.39 is 19.2 Å². The summed E-state index contributed by atoms with van der Waals surface area (Å²) in [4.78, 5) is 22.9. The van der Waals surface area contributed by atoms with Crippen molar-refractivity contribution in [3.63, 3.8) is 0 Å². The highest BCUT2D eigenvalue weighted by Gasteiger charge is 2.37. The lowest BCUT2D eigenvalue weighted by Crippen LogP contribution is -2.36. The molecule has 0 saturated carbocycles. The first-order valence-corrected chi connectivity index (χ1v) is 7.70. The Morgan fingerprint density at radius 2 is 1.67 bits per heavy atom. The second-order valence-electron chi connectivity index (χ2n) is 3.66. The van der Waals surface area contributed by atoms with Crippen LogP contribution in [0.25, 0.3) is 0 Å². The third-order valence-electron chi connectivity index (χ3n) is 2.33. The zero-order chi connectivity index (χ0) is 14.2. The van der Waals surface area contributed by atoms with Crippen LogP contribution < -0.4 is 5.32 Å². The lowest BCUT2D eigenvalue weighted by atomic mass is 10.3. The van der Waals surface area contributed by atoms with Crippen molar-refractivity contribution in [1.82, 2.24) is 5.32 Å². The molecule has 0 fully saturated rings. The molecule has 0 aromatic rings. The average Bonchev–Trinajstić information content (AvgIpc) is 2.35. The van der Waals surface area contributed by atoms with Crippen LogP contribution in [0.4, 0.5) is 0 Å². The molecule has 0 radical (unpaired) electrons. The Morgan fingerprint density at radius 3 is 2.06 bits per heavy atom. The van der Waals surface area contributed by atoms with Gasteiger partial charge in [-0.1, -0.05) is 6.92 Å². The molecular formula is C11H22NO5P. The molecule has 1 atom stereocenters. The van der Waals surface area contributed by atoms with E-state index in [1.54, 1.807) is 20.8 Å². The smallest absolute Gasteiger partial charge is 0.342 e. The molecule has 0 aliphatic carbocycles. The standard InChI is InChI=1S/C11H22NO5P/c1-5-10(13)8-12-11(14)9(4)18(15,16-6-2)17-7-3/h9H,5-8H2,1-4H3,(H,12,14). The van der Waals surface area contributed by atoms with Gasteiger partial charge in [-0.3, -0.25) is 14.2 Å². The molecule has 0 saturated heterocycles. The molecule has 1 amide bonds. The fraction of sp³-hybridized carbons (Fsp3) is 0.818. The number of hydrogen-bond donors (Lipinski definition) is 1. The number of amides is 1. The maximum absolute atomic E-state index is 12.3. The third-order valence-corrected chi connectivity index (χ3v) is 4.75. The molecule has 0 rings (SSSR count). The van der Waals surface area contributed by atoms with Crippen LogP contribution in [0.5, 0.6) is 0 Å². The van der Waals surface area contributed by atoms with E-state index in [0.29, 0.717) is 6.42 Å². The monoisotopic (exact) mass is 279 g/mol. The maximum Gasteiger partial charge on any atom is 0.342 e. The van der Waals surface area contributed by atoms with Crippen molar-refractivity contribution in [2.75, 3.05) is 19.8 Å². The zero-order valence-corrected chi connectivity index (χ0v) is 12.3. The minimum absolute atomic E-state index is 0.0576. The highest BCUT2D eigenvalue weighted by Crippen LogP contribution is 2.52. The van der Waals surface area contributed by atoms with Gasteiger partial charge in [0, 0.05) is 6.42 Å². The van der Waals surface area contributed by atoms with E-state index in [1.165, 1.54) is 6.92 Å². The highest BCUT2D eigenvalue weighted by atomic mass is 31.2. The molecule has 106 valence electrons. The molecule has 0 aromatic heterocycles. The van der Waals surface area contributed by atoms with Gasteiger partial charge in [-0.2, -0.15) is 0 Å². The van der Waals surface area contributed by atoms with E-state index in [-0.39, 0.29) is 25.5 Å². The van der Waals surface area contributed by atoms with Crippen LogP contribution in [-0.2, 0) is 23.2 Å². The molecule has 0 bridgehead atoms. The molecule has 18 heavy (non-hydrogen) atoms. The summed E-state index contributed by atoms with van der Waals surface area (Å²) in [6, 6.07) is 0. The number of carbonyl (C=O) groups excluding carboxylic acids is 2. The van der Waals surface area contributed by atoms with Crippen molar-refractivity contribution in [1.29, 1.82) is 0 Å². The Morgan fingerprint density at radius 1 is 1.17 bits per heavy atom. The van der Waals surface area contributed by atoms with Crippen LogP contribution >= 0.6 is 7.60 Å². The number of rotatable bonds is 9. The first-order valence-electron chi connectivity index (χ1n) is 6.09. The summed E-state index contributed by atoms with van der Waals surface area (Å²) in [5, 5.41) is 2.43. The van der Waals surface area contributed by atoms with Crippen LogP contribution in [0.1, 0.15) is 34.1 Å². The Kier molecular flexibility index (Phi) is 8.07. The van der Waals surface area contributed by atoms with Crippen LogP contribution in [0.2, 0.25) is 0 Å². The highest BCUT2D eigenvalue weighted by molar-refractivity contribution is 7.55. The molecule has 0 aliphatic rings. The second kappa shape index (κ2) is 8.40. The topological polar surface area (TPSA) is 81.7 Å². The Balaban J connectivity index is 4.57. The van der Waals surface area contributed by atoms with Crippen molar-refractivity contribution in [3.05, 3.63) is 0 Å². The van der Waals surface area contributed by atoms with Gasteiger partial charge in [-0.15, -0.1) is 0 Å². The fourth-order valence-electron chi connectivity index (χ4n) is 1.22. The van der Waals surface area contributed by atoms with Gasteiger partial charge >= 0.3 is 7.60 Å². The van der Waals surface area contributed by atoms with Crippen LogP contribution in [-0.4, -0.2) is 37.1 Å². The van der Waals surface area contributed by atoms with Crippen molar-refractivity contribution in [2.45, 2.75) is 39.8 Å². The van der Waals surface area contributed by atoms with Crippen molar-refractivity contribution >= 4 is 19.3 Å². The molecule has 0 aliphatic heterocycles. The first kappa shape index (κ1) is 17.3. The number of hydrogen-bond acceptors (Lipinski definition) is 5. The van der Waals surface area contributed by atoms with Crippen LogP contribution in [0, 0.1) is 0 Å². The van der Waals surface area contributed by atoms with Gasteiger partial charge in [0.1, 0.15) is 5.66 Å².